The molecule has 0 radical (unpaired) electrons. The number of nitrogens with one attached hydrogen (secondary N) is 1. The fourth-order valence-electron chi connectivity index (χ4n) is 3.25. The lowest BCUT2D eigenvalue weighted by atomic mass is 9.99. The highest BCUT2D eigenvalue weighted by molar-refractivity contribution is 5.93. The molecule has 1 aromatic rings. The molecule has 2 rings (SSSR count). The van der Waals surface area contributed by atoms with Gasteiger partial charge in [0.25, 0.3) is 11.6 Å². The molecule has 2 atom stereocenters. The number of benzene rings is 1. The largest absolute Gasteiger partial charge is 0.467 e. The third-order valence-corrected chi connectivity index (χ3v) is 5.17. The molecule has 1 N–H and O–H groups in total. The lowest BCUT2D eigenvalue weighted by Gasteiger charge is -2.21. The van der Waals surface area contributed by atoms with Gasteiger partial charge in [-0.2, -0.15) is 0 Å². The zero-order chi connectivity index (χ0) is 22.3. The number of hydrogen-bond donors (Lipinski definition) is 1. The van der Waals surface area contributed by atoms with Crippen LogP contribution in [0.4, 0.5) is 11.4 Å². The van der Waals surface area contributed by atoms with E-state index in [1.54, 1.807) is 6.92 Å². The third kappa shape index (κ3) is 5.68. The molecule has 1 fully saturated rings. The maximum absolute atomic E-state index is 12.3. The molecule has 1 aromatic carbocycles. The van der Waals surface area contributed by atoms with E-state index >= 15 is 0 Å². The van der Waals surface area contributed by atoms with Gasteiger partial charge in [0, 0.05) is 19.2 Å². The molecule has 0 spiro atoms. The molecule has 0 unspecified atom stereocenters. The Morgan fingerprint density at radius 1 is 1.27 bits per heavy atom. The van der Waals surface area contributed by atoms with Crippen LogP contribution in [0.2, 0.25) is 0 Å². The van der Waals surface area contributed by atoms with Crippen LogP contribution in [0.5, 0.6) is 0 Å². The second-order valence-corrected chi connectivity index (χ2v) is 7.18. The van der Waals surface area contributed by atoms with Crippen molar-refractivity contribution in [3.05, 3.63) is 33.9 Å². The van der Waals surface area contributed by atoms with Gasteiger partial charge in [0.15, 0.2) is 6.61 Å². The molecule has 0 bridgehead atoms. The van der Waals surface area contributed by atoms with Crippen molar-refractivity contribution in [1.82, 2.24) is 5.32 Å². The summed E-state index contributed by atoms with van der Waals surface area (Å²) in [6.45, 7) is 4.48. The molecule has 1 aliphatic rings. The van der Waals surface area contributed by atoms with Crippen molar-refractivity contribution in [3.8, 4) is 0 Å². The molecule has 10 nitrogen and oxygen atoms in total. The zero-order valence-electron chi connectivity index (χ0n) is 17.4. The number of nitrogens with zero attached hydrogens (tertiary/aromatic N) is 2. The van der Waals surface area contributed by atoms with Crippen molar-refractivity contribution < 1.29 is 28.8 Å². The minimum atomic E-state index is -0.862. The van der Waals surface area contributed by atoms with Crippen LogP contribution in [-0.2, 0) is 19.1 Å². The Balaban J connectivity index is 2.03. The van der Waals surface area contributed by atoms with E-state index in [2.05, 4.69) is 5.32 Å². The molecule has 1 saturated heterocycles. The Kier molecular flexibility index (Phi) is 8.14. The van der Waals surface area contributed by atoms with E-state index in [0.717, 1.165) is 32.0 Å². The second-order valence-electron chi connectivity index (χ2n) is 7.18. The Bertz CT molecular complexity index is 806. The number of rotatable bonds is 9. The normalized spacial score (nSPS) is 15.2. The maximum Gasteiger partial charge on any atom is 0.338 e. The van der Waals surface area contributed by atoms with Crippen LogP contribution in [0.25, 0.3) is 0 Å². The predicted molar refractivity (Wildman–Crippen MR) is 108 cm³/mol. The molecule has 1 heterocycles. The topological polar surface area (TPSA) is 128 Å². The SMILES string of the molecule is CC[C@@H](C)[C@@H](NC(=O)COC(=O)c1ccc(N2CCCC2)c([N+](=O)[O-])c1)C(=O)OC. The van der Waals surface area contributed by atoms with Gasteiger partial charge in [-0.05, 0) is 30.9 Å². The van der Waals surface area contributed by atoms with Crippen LogP contribution in [0.3, 0.4) is 0 Å². The summed E-state index contributed by atoms with van der Waals surface area (Å²) in [5.74, 6) is -2.28. The Labute approximate surface area is 174 Å². The Morgan fingerprint density at radius 2 is 1.93 bits per heavy atom. The van der Waals surface area contributed by atoms with Crippen LogP contribution < -0.4 is 10.2 Å². The molecular formula is C20H27N3O7. The predicted octanol–water partition coefficient (Wildman–Crippen LogP) is 2.06. The average molecular weight is 421 g/mol. The number of carbonyl (C=O) groups excluding carboxylic acids is 3. The van der Waals surface area contributed by atoms with E-state index in [0.29, 0.717) is 12.1 Å². The summed E-state index contributed by atoms with van der Waals surface area (Å²) in [4.78, 5) is 49.1. The summed E-state index contributed by atoms with van der Waals surface area (Å²) < 4.78 is 9.67. The minimum Gasteiger partial charge on any atom is -0.467 e. The highest BCUT2D eigenvalue weighted by Crippen LogP contribution is 2.31. The Hall–Kier alpha value is -3.17. The molecule has 164 valence electrons. The average Bonchev–Trinajstić information content (AvgIpc) is 3.28. The number of esters is 2. The number of amides is 1. The summed E-state index contributed by atoms with van der Waals surface area (Å²) in [6.07, 6.45) is 2.55. The number of ether oxygens (including phenoxy) is 2. The van der Waals surface area contributed by atoms with Gasteiger partial charge in [0.2, 0.25) is 0 Å². The molecule has 0 aromatic heterocycles. The molecule has 1 amide bonds. The molecule has 1 aliphatic heterocycles. The van der Waals surface area contributed by atoms with E-state index in [9.17, 15) is 24.5 Å². The lowest BCUT2D eigenvalue weighted by molar-refractivity contribution is -0.384. The van der Waals surface area contributed by atoms with Crippen molar-refractivity contribution in [3.63, 3.8) is 0 Å². The summed E-state index contributed by atoms with van der Waals surface area (Å²) in [5.41, 5.74) is 0.253. The summed E-state index contributed by atoms with van der Waals surface area (Å²) in [6, 6.07) is 3.27. The van der Waals surface area contributed by atoms with Crippen LogP contribution in [0.15, 0.2) is 18.2 Å². The van der Waals surface area contributed by atoms with Crippen LogP contribution >= 0.6 is 0 Å². The van der Waals surface area contributed by atoms with E-state index in [1.807, 2.05) is 11.8 Å². The van der Waals surface area contributed by atoms with Gasteiger partial charge < -0.3 is 19.7 Å². The number of nitro benzene ring substituents is 1. The van der Waals surface area contributed by atoms with E-state index in [1.165, 1.54) is 19.2 Å². The van der Waals surface area contributed by atoms with Gasteiger partial charge in [-0.15, -0.1) is 0 Å². The van der Waals surface area contributed by atoms with Crippen molar-refractivity contribution in [1.29, 1.82) is 0 Å². The first-order valence-electron chi connectivity index (χ1n) is 9.86. The summed E-state index contributed by atoms with van der Waals surface area (Å²) in [5, 5.41) is 13.9. The monoisotopic (exact) mass is 421 g/mol. The molecular weight excluding hydrogens is 394 g/mol. The maximum atomic E-state index is 12.3. The standard InChI is InChI=1S/C20H27N3O7/c1-4-13(2)18(20(26)29-3)21-17(24)12-30-19(25)14-7-8-15(16(11-14)23(27)28)22-9-5-6-10-22/h7-8,11,13,18H,4-6,9-10,12H2,1-3H3,(H,21,24)/t13-,18-/m1/s1. The number of carbonyl (C=O) groups is 3. The molecule has 30 heavy (non-hydrogen) atoms. The minimum absolute atomic E-state index is 0.0242. The van der Waals surface area contributed by atoms with Crippen molar-refractivity contribution >= 4 is 29.2 Å². The summed E-state index contributed by atoms with van der Waals surface area (Å²) in [7, 11) is 1.22. The number of nitro groups is 1. The second kappa shape index (κ2) is 10.6. The van der Waals surface area contributed by atoms with Gasteiger partial charge >= 0.3 is 11.9 Å². The highest BCUT2D eigenvalue weighted by Gasteiger charge is 2.28. The van der Waals surface area contributed by atoms with Gasteiger partial charge in [0.05, 0.1) is 17.6 Å². The first kappa shape index (κ1) is 23.1. The summed E-state index contributed by atoms with van der Waals surface area (Å²) >= 11 is 0. The quantitative estimate of drug-likeness (QED) is 0.364. The van der Waals surface area contributed by atoms with Crippen LogP contribution in [-0.4, -0.2) is 55.6 Å². The van der Waals surface area contributed by atoms with Gasteiger partial charge in [0.1, 0.15) is 11.7 Å². The van der Waals surface area contributed by atoms with Crippen LogP contribution in [0, 0.1) is 16.0 Å². The van der Waals surface area contributed by atoms with Crippen molar-refractivity contribution in [2.45, 2.75) is 39.2 Å². The van der Waals surface area contributed by atoms with E-state index in [-0.39, 0.29) is 17.2 Å². The molecule has 0 aliphatic carbocycles. The Morgan fingerprint density at radius 3 is 2.50 bits per heavy atom. The van der Waals surface area contributed by atoms with Gasteiger partial charge in [-0.25, -0.2) is 9.59 Å². The fraction of sp³-hybridized carbons (Fsp3) is 0.550. The van der Waals surface area contributed by atoms with E-state index in [4.69, 9.17) is 9.47 Å². The zero-order valence-corrected chi connectivity index (χ0v) is 17.4. The van der Waals surface area contributed by atoms with Crippen molar-refractivity contribution in [2.75, 3.05) is 31.7 Å². The smallest absolute Gasteiger partial charge is 0.338 e. The highest BCUT2D eigenvalue weighted by atomic mass is 16.6. The fourth-order valence-corrected chi connectivity index (χ4v) is 3.25. The first-order valence-corrected chi connectivity index (χ1v) is 9.86. The number of methoxy groups -OCH3 is 1. The lowest BCUT2D eigenvalue weighted by Crippen LogP contribution is -2.47. The number of hydrogen-bond acceptors (Lipinski definition) is 8. The molecule has 0 saturated carbocycles. The van der Waals surface area contributed by atoms with E-state index < -0.39 is 35.4 Å². The number of anilines is 1. The van der Waals surface area contributed by atoms with Gasteiger partial charge in [-0.1, -0.05) is 20.3 Å². The third-order valence-electron chi connectivity index (χ3n) is 5.17. The van der Waals surface area contributed by atoms with Crippen LogP contribution in [0.1, 0.15) is 43.5 Å². The molecule has 10 heteroatoms. The van der Waals surface area contributed by atoms with Gasteiger partial charge in [-0.3, -0.25) is 14.9 Å². The first-order chi connectivity index (χ1) is 14.3. The van der Waals surface area contributed by atoms with Crippen molar-refractivity contribution in [2.24, 2.45) is 5.92 Å².